The summed E-state index contributed by atoms with van der Waals surface area (Å²) in [6, 6.07) is 7.90. The molecule has 0 bridgehead atoms. The van der Waals surface area contributed by atoms with Crippen molar-refractivity contribution >= 4 is 18.0 Å². The van der Waals surface area contributed by atoms with Crippen LogP contribution in [0, 0.1) is 0 Å². The Labute approximate surface area is 140 Å². The second kappa shape index (κ2) is 8.33. The van der Waals surface area contributed by atoms with Gasteiger partial charge in [-0.2, -0.15) is 0 Å². The molecule has 2 atom stereocenters. The number of nitrogens with zero attached hydrogens (tertiary/aromatic N) is 1. The number of likely N-dealkylation sites (tertiary alicyclic amines) is 1. The topological polar surface area (TPSA) is 84.9 Å². The van der Waals surface area contributed by atoms with E-state index in [9.17, 15) is 14.4 Å². The van der Waals surface area contributed by atoms with Gasteiger partial charge in [0.2, 0.25) is 5.91 Å². The first-order valence-corrected chi connectivity index (χ1v) is 7.88. The molecule has 0 radical (unpaired) electrons. The van der Waals surface area contributed by atoms with Crippen LogP contribution in [-0.2, 0) is 25.7 Å². The van der Waals surface area contributed by atoms with Gasteiger partial charge in [-0.15, -0.1) is 0 Å². The normalized spacial score (nSPS) is 17.9. The van der Waals surface area contributed by atoms with E-state index in [-0.39, 0.29) is 12.5 Å². The van der Waals surface area contributed by atoms with Crippen molar-refractivity contribution in [2.24, 2.45) is 0 Å². The van der Waals surface area contributed by atoms with Gasteiger partial charge in [0.25, 0.3) is 0 Å². The van der Waals surface area contributed by atoms with Crippen LogP contribution in [0.4, 0.5) is 4.79 Å². The van der Waals surface area contributed by atoms with Crippen LogP contribution in [0.25, 0.3) is 0 Å². The minimum Gasteiger partial charge on any atom is -0.467 e. The van der Waals surface area contributed by atoms with Crippen LogP contribution < -0.4 is 5.32 Å². The molecule has 1 fully saturated rings. The van der Waals surface area contributed by atoms with E-state index >= 15 is 0 Å². The third-order valence-electron chi connectivity index (χ3n) is 3.93. The van der Waals surface area contributed by atoms with Crippen molar-refractivity contribution < 1.29 is 23.9 Å². The number of carbonyl (C=O) groups excluding carboxylic acids is 3. The fraction of sp³-hybridized carbons (Fsp3) is 0.471. The van der Waals surface area contributed by atoms with Crippen molar-refractivity contribution in [3.8, 4) is 0 Å². The summed E-state index contributed by atoms with van der Waals surface area (Å²) in [6.07, 6.45) is 0.633. The van der Waals surface area contributed by atoms with Gasteiger partial charge >= 0.3 is 12.1 Å². The maximum Gasteiger partial charge on any atom is 0.408 e. The molecule has 7 nitrogen and oxygen atoms in total. The summed E-state index contributed by atoms with van der Waals surface area (Å²) in [6.45, 7) is 2.17. The van der Waals surface area contributed by atoms with Crippen molar-refractivity contribution in [1.29, 1.82) is 0 Å². The fourth-order valence-corrected chi connectivity index (χ4v) is 2.66. The number of alkyl carbamates (subject to hydrolysis) is 1. The van der Waals surface area contributed by atoms with Crippen LogP contribution >= 0.6 is 0 Å². The highest BCUT2D eigenvalue weighted by atomic mass is 16.5. The Morgan fingerprint density at radius 1 is 1.29 bits per heavy atom. The highest BCUT2D eigenvalue weighted by Gasteiger charge is 2.37. The number of ether oxygens (including phenoxy) is 2. The molecule has 1 aliphatic rings. The van der Waals surface area contributed by atoms with Gasteiger partial charge in [0.15, 0.2) is 0 Å². The molecule has 1 aromatic rings. The van der Waals surface area contributed by atoms with E-state index in [4.69, 9.17) is 9.47 Å². The Bertz CT molecular complexity index is 590. The Hall–Kier alpha value is -2.57. The van der Waals surface area contributed by atoms with Gasteiger partial charge in [-0.1, -0.05) is 30.3 Å². The van der Waals surface area contributed by atoms with E-state index < -0.39 is 24.1 Å². The zero-order chi connectivity index (χ0) is 17.5. The zero-order valence-electron chi connectivity index (χ0n) is 13.9. The molecule has 0 saturated carbocycles. The lowest BCUT2D eigenvalue weighted by atomic mass is 10.2. The highest BCUT2D eigenvalue weighted by Crippen LogP contribution is 2.19. The smallest absolute Gasteiger partial charge is 0.408 e. The molecule has 0 spiro atoms. The summed E-state index contributed by atoms with van der Waals surface area (Å²) in [5.74, 6) is -0.751. The second-order valence-corrected chi connectivity index (χ2v) is 5.64. The maximum absolute atomic E-state index is 12.4. The number of methoxy groups -OCH3 is 1. The van der Waals surface area contributed by atoms with Crippen LogP contribution in [0.5, 0.6) is 0 Å². The van der Waals surface area contributed by atoms with E-state index in [0.29, 0.717) is 13.0 Å². The molecule has 1 heterocycles. The van der Waals surface area contributed by atoms with Crippen LogP contribution in [0.1, 0.15) is 25.3 Å². The van der Waals surface area contributed by atoms with Crippen molar-refractivity contribution in [2.75, 3.05) is 13.7 Å². The van der Waals surface area contributed by atoms with Gasteiger partial charge in [0.05, 0.1) is 7.11 Å². The third kappa shape index (κ3) is 4.47. The zero-order valence-corrected chi connectivity index (χ0v) is 13.9. The van der Waals surface area contributed by atoms with Gasteiger partial charge in [-0.25, -0.2) is 9.59 Å². The molecule has 24 heavy (non-hydrogen) atoms. The molecular formula is C17H22N2O5. The molecule has 7 heteroatoms. The van der Waals surface area contributed by atoms with Crippen LogP contribution in [0.15, 0.2) is 30.3 Å². The van der Waals surface area contributed by atoms with E-state index in [1.54, 1.807) is 6.92 Å². The lowest BCUT2D eigenvalue weighted by Crippen LogP contribution is -2.50. The molecule has 130 valence electrons. The minimum absolute atomic E-state index is 0.127. The fourth-order valence-electron chi connectivity index (χ4n) is 2.66. The number of esters is 1. The van der Waals surface area contributed by atoms with Gasteiger partial charge < -0.3 is 19.7 Å². The minimum atomic E-state index is -0.779. The van der Waals surface area contributed by atoms with Crippen molar-refractivity contribution in [3.63, 3.8) is 0 Å². The molecule has 2 rings (SSSR count). The Morgan fingerprint density at radius 2 is 2.00 bits per heavy atom. The summed E-state index contributed by atoms with van der Waals surface area (Å²) < 4.78 is 9.81. The van der Waals surface area contributed by atoms with Crippen molar-refractivity contribution in [1.82, 2.24) is 10.2 Å². The Morgan fingerprint density at radius 3 is 2.67 bits per heavy atom. The first kappa shape index (κ1) is 17.8. The predicted octanol–water partition coefficient (Wildman–Crippen LogP) is 1.47. The van der Waals surface area contributed by atoms with Gasteiger partial charge in [0.1, 0.15) is 18.7 Å². The molecule has 1 saturated heterocycles. The number of hydrogen-bond acceptors (Lipinski definition) is 5. The first-order chi connectivity index (χ1) is 11.5. The summed E-state index contributed by atoms with van der Waals surface area (Å²) in [5, 5.41) is 2.50. The predicted molar refractivity (Wildman–Crippen MR) is 86.0 cm³/mol. The lowest BCUT2D eigenvalue weighted by molar-refractivity contribution is -0.151. The number of carbonyl (C=O) groups is 3. The number of benzene rings is 1. The van der Waals surface area contributed by atoms with E-state index in [2.05, 4.69) is 5.32 Å². The average molecular weight is 334 g/mol. The lowest BCUT2D eigenvalue weighted by Gasteiger charge is -2.26. The van der Waals surface area contributed by atoms with Crippen LogP contribution in [-0.4, -0.2) is 48.6 Å². The largest absolute Gasteiger partial charge is 0.467 e. The summed E-state index contributed by atoms with van der Waals surface area (Å²) >= 11 is 0. The molecule has 0 unspecified atom stereocenters. The molecule has 1 aromatic carbocycles. The van der Waals surface area contributed by atoms with Crippen molar-refractivity contribution in [3.05, 3.63) is 35.9 Å². The summed E-state index contributed by atoms with van der Waals surface area (Å²) in [7, 11) is 1.30. The second-order valence-electron chi connectivity index (χ2n) is 5.64. The molecule has 1 N–H and O–H groups in total. The quantitative estimate of drug-likeness (QED) is 0.824. The molecule has 0 aromatic heterocycles. The Kier molecular flexibility index (Phi) is 6.17. The summed E-state index contributed by atoms with van der Waals surface area (Å²) in [5.41, 5.74) is 0.858. The first-order valence-electron chi connectivity index (χ1n) is 7.88. The summed E-state index contributed by atoms with van der Waals surface area (Å²) in [4.78, 5) is 37.4. The number of amides is 2. The van der Waals surface area contributed by atoms with E-state index in [1.807, 2.05) is 30.3 Å². The van der Waals surface area contributed by atoms with Crippen LogP contribution in [0.2, 0.25) is 0 Å². The standard InChI is InChI=1S/C17H22N2O5/c1-12(15(20)19-10-6-9-14(19)16(21)23-2)18-17(22)24-11-13-7-4-3-5-8-13/h3-5,7-8,12,14H,6,9-11H2,1-2H3,(H,18,22)/t12-,14+/m1/s1. The number of rotatable bonds is 5. The Balaban J connectivity index is 1.84. The van der Waals surface area contributed by atoms with Gasteiger partial charge in [0, 0.05) is 6.54 Å². The molecule has 0 aliphatic carbocycles. The molecule has 1 aliphatic heterocycles. The van der Waals surface area contributed by atoms with E-state index in [1.165, 1.54) is 12.0 Å². The monoisotopic (exact) mass is 334 g/mol. The highest BCUT2D eigenvalue weighted by molar-refractivity contribution is 5.89. The SMILES string of the molecule is COC(=O)[C@@H]1CCCN1C(=O)[C@@H](C)NC(=O)OCc1ccccc1. The maximum atomic E-state index is 12.4. The van der Waals surface area contributed by atoms with Crippen molar-refractivity contribution in [2.45, 2.75) is 38.5 Å². The van der Waals surface area contributed by atoms with Crippen LogP contribution in [0.3, 0.4) is 0 Å². The average Bonchev–Trinajstić information content (AvgIpc) is 3.09. The molecule has 2 amide bonds. The van der Waals surface area contributed by atoms with E-state index in [0.717, 1.165) is 12.0 Å². The number of hydrogen-bond donors (Lipinski definition) is 1. The van der Waals surface area contributed by atoms with Gasteiger partial charge in [-0.3, -0.25) is 4.79 Å². The number of nitrogens with one attached hydrogen (secondary N) is 1. The third-order valence-corrected chi connectivity index (χ3v) is 3.93. The molecular weight excluding hydrogens is 312 g/mol. The van der Waals surface area contributed by atoms with Gasteiger partial charge in [-0.05, 0) is 25.3 Å².